The van der Waals surface area contributed by atoms with E-state index in [1.165, 1.54) is 11.1 Å². The summed E-state index contributed by atoms with van der Waals surface area (Å²) in [5.74, 6) is 0. The SMILES string of the molecule is C=CCC(NCC)c1cc(Cl)ccc1C. The van der Waals surface area contributed by atoms with Gasteiger partial charge in [0.25, 0.3) is 0 Å². The highest BCUT2D eigenvalue weighted by molar-refractivity contribution is 6.30. The Morgan fingerprint density at radius 1 is 1.53 bits per heavy atom. The lowest BCUT2D eigenvalue weighted by Gasteiger charge is -2.19. The summed E-state index contributed by atoms with van der Waals surface area (Å²) in [7, 11) is 0. The molecule has 0 heterocycles. The van der Waals surface area contributed by atoms with Crippen LogP contribution >= 0.6 is 11.6 Å². The van der Waals surface area contributed by atoms with Gasteiger partial charge < -0.3 is 5.32 Å². The summed E-state index contributed by atoms with van der Waals surface area (Å²) in [4.78, 5) is 0. The molecule has 0 aliphatic carbocycles. The van der Waals surface area contributed by atoms with Gasteiger partial charge in [-0.3, -0.25) is 0 Å². The summed E-state index contributed by atoms with van der Waals surface area (Å²) in [5.41, 5.74) is 2.54. The Kier molecular flexibility index (Phi) is 4.86. The van der Waals surface area contributed by atoms with Crippen molar-refractivity contribution in [2.45, 2.75) is 26.3 Å². The number of nitrogens with one attached hydrogen (secondary N) is 1. The maximum Gasteiger partial charge on any atom is 0.0409 e. The molecule has 0 spiro atoms. The van der Waals surface area contributed by atoms with Crippen molar-refractivity contribution < 1.29 is 0 Å². The van der Waals surface area contributed by atoms with Gasteiger partial charge in [0, 0.05) is 11.1 Å². The van der Waals surface area contributed by atoms with E-state index in [2.05, 4.69) is 31.8 Å². The maximum absolute atomic E-state index is 6.01. The monoisotopic (exact) mass is 223 g/mol. The Morgan fingerprint density at radius 3 is 2.87 bits per heavy atom. The minimum absolute atomic E-state index is 0.325. The largest absolute Gasteiger partial charge is 0.310 e. The van der Waals surface area contributed by atoms with Gasteiger partial charge in [-0.25, -0.2) is 0 Å². The number of halogens is 1. The molecular formula is C13H18ClN. The molecule has 0 saturated carbocycles. The molecule has 2 heteroatoms. The van der Waals surface area contributed by atoms with Crippen molar-refractivity contribution in [1.82, 2.24) is 5.32 Å². The van der Waals surface area contributed by atoms with Gasteiger partial charge in [-0.05, 0) is 43.1 Å². The molecule has 1 aromatic rings. The molecule has 0 fully saturated rings. The molecule has 0 saturated heterocycles. The van der Waals surface area contributed by atoms with E-state index >= 15 is 0 Å². The van der Waals surface area contributed by atoms with E-state index in [4.69, 9.17) is 11.6 Å². The second-order valence-corrected chi connectivity index (χ2v) is 4.07. The molecule has 0 aromatic heterocycles. The highest BCUT2D eigenvalue weighted by atomic mass is 35.5. The van der Waals surface area contributed by atoms with Gasteiger partial charge in [-0.15, -0.1) is 6.58 Å². The van der Waals surface area contributed by atoms with Gasteiger partial charge in [0.1, 0.15) is 0 Å². The fraction of sp³-hybridized carbons (Fsp3) is 0.385. The predicted molar refractivity (Wildman–Crippen MR) is 67.4 cm³/mol. The van der Waals surface area contributed by atoms with Gasteiger partial charge in [0.15, 0.2) is 0 Å². The third-order valence-corrected chi connectivity index (χ3v) is 2.70. The lowest BCUT2D eigenvalue weighted by Crippen LogP contribution is -2.21. The van der Waals surface area contributed by atoms with E-state index in [-0.39, 0.29) is 0 Å². The minimum atomic E-state index is 0.325. The summed E-state index contributed by atoms with van der Waals surface area (Å²) in [6.07, 6.45) is 2.86. The van der Waals surface area contributed by atoms with Gasteiger partial charge in [-0.1, -0.05) is 30.7 Å². The van der Waals surface area contributed by atoms with E-state index in [0.29, 0.717) is 6.04 Å². The molecule has 0 aliphatic heterocycles. The second-order valence-electron chi connectivity index (χ2n) is 3.64. The summed E-state index contributed by atoms with van der Waals surface area (Å²) in [6.45, 7) is 8.95. The average Bonchev–Trinajstić information content (AvgIpc) is 2.21. The van der Waals surface area contributed by atoms with E-state index in [1.54, 1.807) is 0 Å². The highest BCUT2D eigenvalue weighted by Crippen LogP contribution is 2.24. The van der Waals surface area contributed by atoms with Crippen molar-refractivity contribution in [2.24, 2.45) is 0 Å². The van der Waals surface area contributed by atoms with Crippen LogP contribution in [0.15, 0.2) is 30.9 Å². The Hall–Kier alpha value is -0.790. The highest BCUT2D eigenvalue weighted by Gasteiger charge is 2.11. The third-order valence-electron chi connectivity index (χ3n) is 2.47. The van der Waals surface area contributed by atoms with Crippen molar-refractivity contribution in [3.63, 3.8) is 0 Å². The van der Waals surface area contributed by atoms with E-state index in [1.807, 2.05) is 18.2 Å². The number of rotatable bonds is 5. The molecule has 0 radical (unpaired) electrons. The number of hydrogen-bond donors (Lipinski definition) is 1. The van der Waals surface area contributed by atoms with E-state index < -0.39 is 0 Å². The fourth-order valence-electron chi connectivity index (χ4n) is 1.72. The molecule has 1 nitrogen and oxygen atoms in total. The molecular weight excluding hydrogens is 206 g/mol. The maximum atomic E-state index is 6.01. The van der Waals surface area contributed by atoms with Crippen LogP contribution in [0.5, 0.6) is 0 Å². The van der Waals surface area contributed by atoms with Crippen LogP contribution in [-0.4, -0.2) is 6.54 Å². The van der Waals surface area contributed by atoms with Crippen LogP contribution in [0, 0.1) is 6.92 Å². The topological polar surface area (TPSA) is 12.0 Å². The first-order valence-corrected chi connectivity index (χ1v) is 5.67. The first-order valence-electron chi connectivity index (χ1n) is 5.29. The van der Waals surface area contributed by atoms with Crippen molar-refractivity contribution >= 4 is 11.6 Å². The van der Waals surface area contributed by atoms with Crippen LogP contribution in [0.25, 0.3) is 0 Å². The zero-order valence-corrected chi connectivity index (χ0v) is 10.1. The summed E-state index contributed by atoms with van der Waals surface area (Å²) < 4.78 is 0. The summed E-state index contributed by atoms with van der Waals surface area (Å²) >= 11 is 6.01. The zero-order valence-electron chi connectivity index (χ0n) is 9.39. The van der Waals surface area contributed by atoms with Gasteiger partial charge in [0.2, 0.25) is 0 Å². The Bertz CT molecular complexity index is 333. The van der Waals surface area contributed by atoms with Crippen molar-refractivity contribution in [2.75, 3.05) is 6.54 Å². The molecule has 1 atom stereocenters. The van der Waals surface area contributed by atoms with Crippen LogP contribution in [-0.2, 0) is 0 Å². The zero-order chi connectivity index (χ0) is 11.3. The Balaban J connectivity index is 2.97. The van der Waals surface area contributed by atoms with E-state index in [0.717, 1.165) is 18.0 Å². The molecule has 82 valence electrons. The van der Waals surface area contributed by atoms with Crippen molar-refractivity contribution in [3.05, 3.63) is 47.0 Å². The van der Waals surface area contributed by atoms with Gasteiger partial charge in [0.05, 0.1) is 0 Å². The standard InChI is InChI=1S/C13H18ClN/c1-4-6-13(15-5-2)12-9-11(14)8-7-10(12)3/h4,7-9,13,15H,1,5-6H2,2-3H3. The Labute approximate surface area is 97.1 Å². The first kappa shape index (κ1) is 12.3. The van der Waals surface area contributed by atoms with Crippen LogP contribution in [0.3, 0.4) is 0 Å². The predicted octanol–water partition coefficient (Wildman–Crippen LogP) is 3.88. The minimum Gasteiger partial charge on any atom is -0.310 e. The first-order chi connectivity index (χ1) is 7.19. The average molecular weight is 224 g/mol. The van der Waals surface area contributed by atoms with E-state index in [9.17, 15) is 0 Å². The molecule has 1 rings (SSSR count). The van der Waals surface area contributed by atoms with Gasteiger partial charge >= 0.3 is 0 Å². The number of hydrogen-bond acceptors (Lipinski definition) is 1. The molecule has 0 amide bonds. The summed E-state index contributed by atoms with van der Waals surface area (Å²) in [6, 6.07) is 6.35. The van der Waals surface area contributed by atoms with Crippen molar-refractivity contribution in [3.8, 4) is 0 Å². The smallest absolute Gasteiger partial charge is 0.0409 e. The Morgan fingerprint density at radius 2 is 2.27 bits per heavy atom. The van der Waals surface area contributed by atoms with Crippen LogP contribution < -0.4 is 5.32 Å². The summed E-state index contributed by atoms with van der Waals surface area (Å²) in [5, 5.41) is 4.23. The number of benzene rings is 1. The van der Waals surface area contributed by atoms with Crippen molar-refractivity contribution in [1.29, 1.82) is 0 Å². The van der Waals surface area contributed by atoms with Gasteiger partial charge in [-0.2, -0.15) is 0 Å². The van der Waals surface area contributed by atoms with Crippen LogP contribution in [0.4, 0.5) is 0 Å². The molecule has 1 aromatic carbocycles. The molecule has 1 N–H and O–H groups in total. The second kappa shape index (κ2) is 5.94. The normalized spacial score (nSPS) is 12.5. The fourth-order valence-corrected chi connectivity index (χ4v) is 1.90. The lowest BCUT2D eigenvalue weighted by molar-refractivity contribution is 0.556. The lowest BCUT2D eigenvalue weighted by atomic mass is 9.99. The van der Waals surface area contributed by atoms with Crippen LogP contribution in [0.2, 0.25) is 5.02 Å². The molecule has 0 aliphatic rings. The molecule has 0 bridgehead atoms. The molecule has 15 heavy (non-hydrogen) atoms. The molecule has 1 unspecified atom stereocenters. The van der Waals surface area contributed by atoms with Crippen LogP contribution in [0.1, 0.15) is 30.5 Å². The third kappa shape index (κ3) is 3.37. The quantitative estimate of drug-likeness (QED) is 0.748. The number of aryl methyl sites for hydroxylation is 1.